The maximum absolute atomic E-state index is 12.8. The van der Waals surface area contributed by atoms with Crippen molar-refractivity contribution in [3.05, 3.63) is 69.9 Å². The molecule has 1 atom stereocenters. The highest BCUT2D eigenvalue weighted by atomic mass is 79.9. The van der Waals surface area contributed by atoms with E-state index in [0.29, 0.717) is 5.56 Å². The summed E-state index contributed by atoms with van der Waals surface area (Å²) in [5.74, 6) is -1.29. The Morgan fingerprint density at radius 1 is 1.17 bits per heavy atom. The second-order valence-corrected chi connectivity index (χ2v) is 6.13. The number of carbonyl (C=O) groups excluding carboxylic acids is 2. The molecule has 0 aliphatic rings. The Bertz CT molecular complexity index is 718. The highest BCUT2D eigenvalue weighted by Gasteiger charge is 2.14. The molecule has 0 spiro atoms. The number of ether oxygens (including phenoxy) is 1. The molecular weight excluding hydrogens is 377 g/mol. The van der Waals surface area contributed by atoms with Gasteiger partial charge in [0.25, 0.3) is 5.91 Å². The van der Waals surface area contributed by atoms with Crippen LogP contribution in [0.2, 0.25) is 0 Å². The van der Waals surface area contributed by atoms with Gasteiger partial charge in [0.1, 0.15) is 5.82 Å². The molecule has 126 valence electrons. The molecule has 2 aromatic carbocycles. The predicted molar refractivity (Wildman–Crippen MR) is 91.8 cm³/mol. The molecule has 0 saturated heterocycles. The zero-order valence-corrected chi connectivity index (χ0v) is 14.7. The fraction of sp³-hybridized carbons (Fsp3) is 0.222. The lowest BCUT2D eigenvalue weighted by molar-refractivity contribution is -0.148. The van der Waals surface area contributed by atoms with Gasteiger partial charge in [-0.2, -0.15) is 0 Å². The SMILES string of the molecule is C[C@H](NC(=O)COC(=O)Cc1ccc(F)cc1)c1ccccc1Br. The van der Waals surface area contributed by atoms with E-state index >= 15 is 0 Å². The van der Waals surface area contributed by atoms with Gasteiger partial charge in [-0.15, -0.1) is 0 Å². The summed E-state index contributed by atoms with van der Waals surface area (Å²) in [4.78, 5) is 23.6. The summed E-state index contributed by atoms with van der Waals surface area (Å²) in [7, 11) is 0. The molecule has 0 aliphatic carbocycles. The molecule has 0 fully saturated rings. The average molecular weight is 394 g/mol. The van der Waals surface area contributed by atoms with Gasteiger partial charge in [0, 0.05) is 4.47 Å². The lowest BCUT2D eigenvalue weighted by Gasteiger charge is -2.15. The summed E-state index contributed by atoms with van der Waals surface area (Å²) < 4.78 is 18.6. The monoisotopic (exact) mass is 393 g/mol. The van der Waals surface area contributed by atoms with Crippen molar-refractivity contribution in [2.45, 2.75) is 19.4 Å². The molecule has 1 amide bonds. The summed E-state index contributed by atoms with van der Waals surface area (Å²) in [6.07, 6.45) is -0.00660. The lowest BCUT2D eigenvalue weighted by Crippen LogP contribution is -2.31. The van der Waals surface area contributed by atoms with E-state index in [2.05, 4.69) is 21.2 Å². The van der Waals surface area contributed by atoms with E-state index < -0.39 is 5.97 Å². The fourth-order valence-corrected chi connectivity index (χ4v) is 2.78. The molecule has 0 heterocycles. The van der Waals surface area contributed by atoms with E-state index in [9.17, 15) is 14.0 Å². The molecule has 0 unspecified atom stereocenters. The van der Waals surface area contributed by atoms with E-state index in [1.165, 1.54) is 24.3 Å². The van der Waals surface area contributed by atoms with Crippen molar-refractivity contribution in [2.75, 3.05) is 6.61 Å². The van der Waals surface area contributed by atoms with Crippen molar-refractivity contribution in [1.82, 2.24) is 5.32 Å². The standard InChI is InChI=1S/C18H17BrFNO3/c1-12(15-4-2-3-5-16(15)19)21-17(22)11-24-18(23)10-13-6-8-14(20)9-7-13/h2-9,12H,10-11H2,1H3,(H,21,22)/t12-/m0/s1. The van der Waals surface area contributed by atoms with E-state index in [0.717, 1.165) is 10.0 Å². The summed E-state index contributed by atoms with van der Waals surface area (Å²) in [6.45, 7) is 1.49. The summed E-state index contributed by atoms with van der Waals surface area (Å²) in [5.41, 5.74) is 1.56. The van der Waals surface area contributed by atoms with E-state index in [1.54, 1.807) is 0 Å². The molecule has 0 aromatic heterocycles. The van der Waals surface area contributed by atoms with Crippen molar-refractivity contribution in [2.24, 2.45) is 0 Å². The van der Waals surface area contributed by atoms with Crippen LogP contribution in [-0.4, -0.2) is 18.5 Å². The fourth-order valence-electron chi connectivity index (χ4n) is 2.15. The van der Waals surface area contributed by atoms with Gasteiger partial charge in [0.15, 0.2) is 6.61 Å². The van der Waals surface area contributed by atoms with Crippen molar-refractivity contribution in [3.8, 4) is 0 Å². The highest BCUT2D eigenvalue weighted by molar-refractivity contribution is 9.10. The van der Waals surface area contributed by atoms with Crippen LogP contribution in [0.4, 0.5) is 4.39 Å². The van der Waals surface area contributed by atoms with Gasteiger partial charge in [-0.05, 0) is 36.2 Å². The van der Waals surface area contributed by atoms with Gasteiger partial charge in [0.2, 0.25) is 0 Å². The van der Waals surface area contributed by atoms with Gasteiger partial charge >= 0.3 is 5.97 Å². The van der Waals surface area contributed by atoms with Crippen molar-refractivity contribution >= 4 is 27.8 Å². The topological polar surface area (TPSA) is 55.4 Å². The Labute approximate surface area is 148 Å². The van der Waals surface area contributed by atoms with Crippen LogP contribution in [-0.2, 0) is 20.7 Å². The van der Waals surface area contributed by atoms with Crippen LogP contribution in [0.25, 0.3) is 0 Å². The minimum absolute atomic E-state index is 0.00660. The molecule has 2 aromatic rings. The largest absolute Gasteiger partial charge is 0.455 e. The van der Waals surface area contributed by atoms with Gasteiger partial charge in [-0.1, -0.05) is 46.3 Å². The molecule has 2 rings (SSSR count). The van der Waals surface area contributed by atoms with Crippen LogP contribution in [0.15, 0.2) is 53.0 Å². The zero-order chi connectivity index (χ0) is 17.5. The molecule has 24 heavy (non-hydrogen) atoms. The second-order valence-electron chi connectivity index (χ2n) is 5.27. The van der Waals surface area contributed by atoms with Crippen LogP contribution in [0.5, 0.6) is 0 Å². The number of esters is 1. The van der Waals surface area contributed by atoms with Crippen LogP contribution in [0.1, 0.15) is 24.1 Å². The van der Waals surface area contributed by atoms with Gasteiger partial charge in [0.05, 0.1) is 12.5 Å². The second kappa shape index (κ2) is 8.59. The Morgan fingerprint density at radius 3 is 2.50 bits per heavy atom. The lowest BCUT2D eigenvalue weighted by atomic mass is 10.1. The number of benzene rings is 2. The quantitative estimate of drug-likeness (QED) is 0.763. The predicted octanol–water partition coefficient (Wildman–Crippen LogP) is 3.55. The number of nitrogens with one attached hydrogen (secondary N) is 1. The van der Waals surface area contributed by atoms with Crippen molar-refractivity contribution in [3.63, 3.8) is 0 Å². The third-order valence-electron chi connectivity index (χ3n) is 3.38. The normalized spacial score (nSPS) is 11.6. The molecule has 0 radical (unpaired) electrons. The Balaban J connectivity index is 1.79. The first-order chi connectivity index (χ1) is 11.5. The maximum atomic E-state index is 12.8. The number of hydrogen-bond acceptors (Lipinski definition) is 3. The number of halogens is 2. The van der Waals surface area contributed by atoms with E-state index in [-0.39, 0.29) is 30.8 Å². The smallest absolute Gasteiger partial charge is 0.310 e. The molecule has 0 saturated carbocycles. The molecule has 0 aliphatic heterocycles. The third-order valence-corrected chi connectivity index (χ3v) is 4.10. The van der Waals surface area contributed by atoms with Crippen LogP contribution >= 0.6 is 15.9 Å². The Morgan fingerprint density at radius 2 is 1.83 bits per heavy atom. The highest BCUT2D eigenvalue weighted by Crippen LogP contribution is 2.22. The number of carbonyl (C=O) groups is 2. The van der Waals surface area contributed by atoms with Crippen LogP contribution in [0, 0.1) is 5.82 Å². The number of rotatable bonds is 6. The average Bonchev–Trinajstić information content (AvgIpc) is 2.55. The summed E-state index contributed by atoms with van der Waals surface area (Å²) in [5, 5.41) is 2.77. The first kappa shape index (κ1) is 18.1. The maximum Gasteiger partial charge on any atom is 0.310 e. The summed E-state index contributed by atoms with van der Waals surface area (Å²) >= 11 is 3.43. The van der Waals surface area contributed by atoms with Crippen molar-refractivity contribution < 1.29 is 18.7 Å². The number of hydrogen-bond donors (Lipinski definition) is 1. The van der Waals surface area contributed by atoms with Crippen LogP contribution in [0.3, 0.4) is 0 Å². The first-order valence-electron chi connectivity index (χ1n) is 7.39. The third kappa shape index (κ3) is 5.45. The minimum atomic E-state index is -0.537. The van der Waals surface area contributed by atoms with Gasteiger partial charge in [-0.3, -0.25) is 9.59 Å². The first-order valence-corrected chi connectivity index (χ1v) is 8.19. The molecule has 1 N–H and O–H groups in total. The van der Waals surface area contributed by atoms with Crippen molar-refractivity contribution in [1.29, 1.82) is 0 Å². The minimum Gasteiger partial charge on any atom is -0.455 e. The van der Waals surface area contributed by atoms with Crippen LogP contribution < -0.4 is 5.32 Å². The zero-order valence-electron chi connectivity index (χ0n) is 13.1. The summed E-state index contributed by atoms with van der Waals surface area (Å²) in [6, 6.07) is 12.9. The molecular formula is C18H17BrFNO3. The van der Waals surface area contributed by atoms with E-state index in [4.69, 9.17) is 4.74 Å². The van der Waals surface area contributed by atoms with Gasteiger partial charge < -0.3 is 10.1 Å². The molecule has 6 heteroatoms. The molecule has 0 bridgehead atoms. The van der Waals surface area contributed by atoms with Gasteiger partial charge in [-0.25, -0.2) is 4.39 Å². The Hall–Kier alpha value is -2.21. The van der Waals surface area contributed by atoms with E-state index in [1.807, 2.05) is 31.2 Å². The Kier molecular flexibility index (Phi) is 6.49. The molecule has 4 nitrogen and oxygen atoms in total. The number of amides is 1.